The molecule has 78 valence electrons. The molecule has 0 unspecified atom stereocenters. The van der Waals surface area contributed by atoms with Crippen LogP contribution >= 0.6 is 12.6 Å². The van der Waals surface area contributed by atoms with Crippen molar-refractivity contribution in [2.75, 3.05) is 5.73 Å². The summed E-state index contributed by atoms with van der Waals surface area (Å²) in [6.07, 6.45) is 0. The first-order chi connectivity index (χ1) is 6.36. The third-order valence-corrected chi connectivity index (χ3v) is 2.47. The van der Waals surface area contributed by atoms with Crippen LogP contribution in [-0.4, -0.2) is 6.98 Å². The lowest BCUT2D eigenvalue weighted by atomic mass is 9.78. The van der Waals surface area contributed by atoms with Crippen molar-refractivity contribution in [2.24, 2.45) is 0 Å². The first-order valence-corrected chi connectivity index (χ1v) is 4.69. The topological polar surface area (TPSA) is 26.0 Å². The molecule has 0 aromatic heterocycles. The number of anilines is 1. The molecule has 1 aromatic carbocycles. The number of rotatable bonds is 2. The van der Waals surface area contributed by atoms with Crippen molar-refractivity contribution >= 4 is 30.8 Å². The summed E-state index contributed by atoms with van der Waals surface area (Å²) >= 11 is 3.95. The third kappa shape index (κ3) is 2.18. The number of halogens is 3. The van der Waals surface area contributed by atoms with E-state index in [9.17, 15) is 12.9 Å². The van der Waals surface area contributed by atoms with E-state index in [-0.39, 0.29) is 11.4 Å². The van der Waals surface area contributed by atoms with E-state index < -0.39 is 12.4 Å². The maximum Gasteiger partial charge on any atom is 0.509 e. The van der Waals surface area contributed by atoms with Gasteiger partial charge in [0.1, 0.15) is 0 Å². The summed E-state index contributed by atoms with van der Waals surface area (Å²) in [5, 5.41) is 0. The smallest absolute Gasteiger partial charge is 0.445 e. The van der Waals surface area contributed by atoms with E-state index in [0.29, 0.717) is 11.1 Å². The molecule has 0 saturated heterocycles. The molecule has 0 bridgehead atoms. The molecule has 6 heteroatoms. The number of nitrogen functional groups attached to an aromatic ring is 1. The lowest BCUT2D eigenvalue weighted by Gasteiger charge is -2.18. The van der Waals surface area contributed by atoms with E-state index in [1.807, 2.05) is 0 Å². The SMILES string of the molecule is Cc1c(N)cc([B-](F)(F)F)cc1CS. The van der Waals surface area contributed by atoms with E-state index >= 15 is 0 Å². The van der Waals surface area contributed by atoms with Crippen molar-refractivity contribution in [3.63, 3.8) is 0 Å². The lowest BCUT2D eigenvalue weighted by Crippen LogP contribution is -2.34. The Morgan fingerprint density at radius 1 is 1.36 bits per heavy atom. The predicted octanol–water partition coefficient (Wildman–Crippen LogP) is 2.06. The summed E-state index contributed by atoms with van der Waals surface area (Å²) in [5.41, 5.74) is 6.19. The first kappa shape index (κ1) is 11.3. The van der Waals surface area contributed by atoms with Gasteiger partial charge in [0.05, 0.1) is 0 Å². The van der Waals surface area contributed by atoms with Crippen LogP contribution in [0.1, 0.15) is 11.1 Å². The summed E-state index contributed by atoms with van der Waals surface area (Å²) in [4.78, 5) is 0. The second-order valence-corrected chi connectivity index (χ2v) is 3.44. The number of benzene rings is 1. The first-order valence-electron chi connectivity index (χ1n) is 4.06. The van der Waals surface area contributed by atoms with Crippen LogP contribution in [0.3, 0.4) is 0 Å². The monoisotopic (exact) mass is 220 g/mol. The van der Waals surface area contributed by atoms with Crippen LogP contribution in [0.2, 0.25) is 0 Å². The predicted molar refractivity (Wildman–Crippen MR) is 57.0 cm³/mol. The van der Waals surface area contributed by atoms with Crippen molar-refractivity contribution in [3.05, 3.63) is 23.3 Å². The highest BCUT2D eigenvalue weighted by Gasteiger charge is 2.26. The maximum atomic E-state index is 12.4. The van der Waals surface area contributed by atoms with Gasteiger partial charge in [-0.3, -0.25) is 0 Å². The summed E-state index contributed by atoms with van der Waals surface area (Å²) < 4.78 is 37.2. The van der Waals surface area contributed by atoms with Gasteiger partial charge < -0.3 is 18.7 Å². The Kier molecular flexibility index (Phi) is 3.04. The molecule has 1 rings (SSSR count). The van der Waals surface area contributed by atoms with Gasteiger partial charge in [0.25, 0.3) is 0 Å². The van der Waals surface area contributed by atoms with Crippen LogP contribution in [0.15, 0.2) is 12.1 Å². The Morgan fingerprint density at radius 3 is 2.36 bits per heavy atom. The largest absolute Gasteiger partial charge is 0.509 e. The summed E-state index contributed by atoms with van der Waals surface area (Å²) in [6.45, 7) is -3.29. The van der Waals surface area contributed by atoms with Gasteiger partial charge in [-0.2, -0.15) is 12.6 Å². The number of hydrogen-bond acceptors (Lipinski definition) is 2. The minimum atomic E-state index is -4.98. The summed E-state index contributed by atoms with van der Waals surface area (Å²) in [5.74, 6) is 0.260. The van der Waals surface area contributed by atoms with E-state index in [0.717, 1.165) is 12.1 Å². The molecule has 1 nitrogen and oxygen atoms in total. The Bertz CT molecular complexity index is 351. The zero-order chi connectivity index (χ0) is 10.9. The Morgan fingerprint density at radius 2 is 1.93 bits per heavy atom. The molecule has 1 aromatic rings. The Labute approximate surface area is 86.0 Å². The van der Waals surface area contributed by atoms with Crippen molar-refractivity contribution in [2.45, 2.75) is 12.7 Å². The molecule has 0 atom stereocenters. The van der Waals surface area contributed by atoms with Crippen LogP contribution < -0.4 is 11.2 Å². The molecule has 14 heavy (non-hydrogen) atoms. The molecule has 0 saturated carbocycles. The van der Waals surface area contributed by atoms with Gasteiger partial charge in [-0.1, -0.05) is 12.1 Å². The molecular weight excluding hydrogens is 210 g/mol. The van der Waals surface area contributed by atoms with Gasteiger partial charge in [0, 0.05) is 11.4 Å². The van der Waals surface area contributed by atoms with Crippen molar-refractivity contribution in [1.29, 1.82) is 0 Å². The zero-order valence-electron chi connectivity index (χ0n) is 7.60. The second kappa shape index (κ2) is 3.77. The van der Waals surface area contributed by atoms with Crippen molar-refractivity contribution in [1.82, 2.24) is 0 Å². The summed E-state index contributed by atoms with van der Waals surface area (Å²) in [6, 6.07) is 2.08. The number of nitrogens with two attached hydrogens (primary N) is 1. The summed E-state index contributed by atoms with van der Waals surface area (Å²) in [7, 11) is 0. The molecule has 0 aliphatic heterocycles. The van der Waals surface area contributed by atoms with E-state index in [1.165, 1.54) is 0 Å². The van der Waals surface area contributed by atoms with Crippen LogP contribution in [-0.2, 0) is 5.75 Å². The van der Waals surface area contributed by atoms with E-state index in [2.05, 4.69) is 12.6 Å². The number of hydrogen-bond donors (Lipinski definition) is 2. The standard InChI is InChI=1S/C8H10BF3NS/c1-5-6(4-14)2-7(3-8(5)13)9(10,11)12/h2-3,14H,4,13H2,1H3/q-1. The molecule has 0 aliphatic rings. The van der Waals surface area contributed by atoms with Crippen LogP contribution in [0.5, 0.6) is 0 Å². The van der Waals surface area contributed by atoms with Crippen molar-refractivity contribution in [3.8, 4) is 0 Å². The molecule has 0 radical (unpaired) electrons. The van der Waals surface area contributed by atoms with Gasteiger partial charge in [0.2, 0.25) is 0 Å². The van der Waals surface area contributed by atoms with Gasteiger partial charge in [-0.15, -0.1) is 5.46 Å². The highest BCUT2D eigenvalue weighted by Crippen LogP contribution is 2.19. The third-order valence-electron chi connectivity index (χ3n) is 2.13. The molecule has 0 amide bonds. The normalized spacial score (nSPS) is 11.8. The highest BCUT2D eigenvalue weighted by molar-refractivity contribution is 7.79. The van der Waals surface area contributed by atoms with Gasteiger partial charge in [0.15, 0.2) is 0 Å². The molecule has 0 heterocycles. The fourth-order valence-electron chi connectivity index (χ4n) is 1.18. The van der Waals surface area contributed by atoms with E-state index in [4.69, 9.17) is 5.73 Å². The van der Waals surface area contributed by atoms with Gasteiger partial charge in [-0.25, -0.2) is 0 Å². The van der Waals surface area contributed by atoms with Gasteiger partial charge >= 0.3 is 6.98 Å². The van der Waals surface area contributed by atoms with Crippen LogP contribution in [0, 0.1) is 6.92 Å². The second-order valence-electron chi connectivity index (χ2n) is 3.13. The minimum absolute atomic E-state index is 0.172. The average Bonchev–Trinajstić information content (AvgIpc) is 2.07. The molecule has 0 fully saturated rings. The average molecular weight is 220 g/mol. The molecule has 0 aliphatic carbocycles. The fraction of sp³-hybridized carbons (Fsp3) is 0.250. The Balaban J connectivity index is 3.30. The van der Waals surface area contributed by atoms with Crippen molar-refractivity contribution < 1.29 is 12.9 Å². The van der Waals surface area contributed by atoms with Crippen LogP contribution in [0.25, 0.3) is 0 Å². The van der Waals surface area contributed by atoms with E-state index in [1.54, 1.807) is 6.92 Å². The quantitative estimate of drug-likeness (QED) is 0.445. The number of thiol groups is 1. The molecular formula is C8H10BF3NS-. The molecule has 2 N–H and O–H groups in total. The lowest BCUT2D eigenvalue weighted by molar-refractivity contribution is 0.501. The minimum Gasteiger partial charge on any atom is -0.445 e. The highest BCUT2D eigenvalue weighted by atomic mass is 32.1. The molecule has 0 spiro atoms. The maximum absolute atomic E-state index is 12.4. The van der Waals surface area contributed by atoms with Gasteiger partial charge in [-0.05, 0) is 18.1 Å². The zero-order valence-corrected chi connectivity index (χ0v) is 8.49. The fourth-order valence-corrected chi connectivity index (χ4v) is 1.51. The Hall–Kier alpha value is -0.775. The van der Waals surface area contributed by atoms with Crippen LogP contribution in [0.4, 0.5) is 18.6 Å².